The predicted molar refractivity (Wildman–Crippen MR) is 62.4 cm³/mol. The van der Waals surface area contributed by atoms with Crippen molar-refractivity contribution >= 4 is 21.6 Å². The van der Waals surface area contributed by atoms with Gasteiger partial charge in [0.25, 0.3) is 5.56 Å². The first-order valence-electron chi connectivity index (χ1n) is 4.94. The molecule has 0 saturated heterocycles. The van der Waals surface area contributed by atoms with Gasteiger partial charge in [0.1, 0.15) is 11.0 Å². The minimum absolute atomic E-state index is 0.0537. The summed E-state index contributed by atoms with van der Waals surface area (Å²) in [4.78, 5) is 11.6. The van der Waals surface area contributed by atoms with Gasteiger partial charge in [-0.05, 0) is 22.9 Å². The summed E-state index contributed by atoms with van der Waals surface area (Å²) in [7, 11) is 0. The van der Waals surface area contributed by atoms with Crippen LogP contribution in [0.2, 0.25) is 0 Å². The van der Waals surface area contributed by atoms with Gasteiger partial charge >= 0.3 is 6.18 Å². The van der Waals surface area contributed by atoms with E-state index in [1.807, 2.05) is 0 Å². The number of aliphatic hydroxyl groups excluding tert-OH is 1. The van der Waals surface area contributed by atoms with E-state index in [0.29, 0.717) is 4.68 Å². The molecule has 1 heterocycles. The van der Waals surface area contributed by atoms with Gasteiger partial charge in [-0.1, -0.05) is 0 Å². The molecule has 18 heavy (non-hydrogen) atoms. The van der Waals surface area contributed by atoms with Crippen LogP contribution in [0.3, 0.4) is 0 Å². The van der Waals surface area contributed by atoms with E-state index in [0.717, 1.165) is 6.20 Å². The third kappa shape index (κ3) is 3.98. The first-order chi connectivity index (χ1) is 8.24. The summed E-state index contributed by atoms with van der Waals surface area (Å²) in [6, 6.07) is -0.346. The van der Waals surface area contributed by atoms with Crippen molar-refractivity contribution in [3.63, 3.8) is 0 Å². The third-order valence-electron chi connectivity index (χ3n) is 1.99. The first kappa shape index (κ1) is 15.0. The van der Waals surface area contributed by atoms with Crippen LogP contribution < -0.4 is 10.9 Å². The number of nitrogens with zero attached hydrogens (tertiary/aromatic N) is 2. The van der Waals surface area contributed by atoms with E-state index in [4.69, 9.17) is 5.11 Å². The van der Waals surface area contributed by atoms with Crippen molar-refractivity contribution in [3.8, 4) is 0 Å². The van der Waals surface area contributed by atoms with Gasteiger partial charge in [0.15, 0.2) is 0 Å². The van der Waals surface area contributed by atoms with E-state index in [2.05, 4.69) is 26.3 Å². The van der Waals surface area contributed by atoms with Crippen LogP contribution in [0.5, 0.6) is 0 Å². The highest BCUT2D eigenvalue weighted by Crippen LogP contribution is 2.19. The van der Waals surface area contributed by atoms with Gasteiger partial charge in [0.05, 0.1) is 18.5 Å². The molecule has 0 radical (unpaired) electrons. The number of rotatable bonds is 4. The van der Waals surface area contributed by atoms with Gasteiger partial charge in [-0.25, -0.2) is 4.68 Å². The molecule has 0 amide bonds. The van der Waals surface area contributed by atoms with Crippen molar-refractivity contribution in [2.24, 2.45) is 0 Å². The molecule has 1 aromatic heterocycles. The summed E-state index contributed by atoms with van der Waals surface area (Å²) < 4.78 is 36.7. The lowest BCUT2D eigenvalue weighted by molar-refractivity contribution is -0.143. The molecule has 2 N–H and O–H groups in total. The van der Waals surface area contributed by atoms with Crippen molar-refractivity contribution in [2.75, 3.05) is 11.9 Å². The van der Waals surface area contributed by atoms with Crippen LogP contribution in [0, 0.1) is 0 Å². The Labute approximate surface area is 109 Å². The lowest BCUT2D eigenvalue weighted by Crippen LogP contribution is -2.31. The normalized spacial score (nSPS) is 13.4. The maximum Gasteiger partial charge on any atom is 0.408 e. The van der Waals surface area contributed by atoms with Crippen LogP contribution >= 0.6 is 15.9 Å². The maximum absolute atomic E-state index is 12.2. The predicted octanol–water partition coefficient (Wildman–Crippen LogP) is 1.36. The van der Waals surface area contributed by atoms with Crippen LogP contribution in [0.4, 0.5) is 18.9 Å². The Hall–Kier alpha value is -1.09. The minimum atomic E-state index is -4.51. The molecule has 102 valence electrons. The number of hydrogen-bond acceptors (Lipinski definition) is 4. The lowest BCUT2D eigenvalue weighted by atomic mass is 10.3. The van der Waals surface area contributed by atoms with Gasteiger partial charge in [-0.2, -0.15) is 18.3 Å². The number of halogens is 4. The van der Waals surface area contributed by atoms with E-state index in [1.165, 1.54) is 0 Å². The van der Waals surface area contributed by atoms with Gasteiger partial charge in [0.2, 0.25) is 0 Å². The van der Waals surface area contributed by atoms with E-state index in [-0.39, 0.29) is 22.8 Å². The highest BCUT2D eigenvalue weighted by Gasteiger charge is 2.29. The molecule has 0 fully saturated rings. The second-order valence-corrected chi connectivity index (χ2v) is 4.47. The fourth-order valence-corrected chi connectivity index (χ4v) is 1.58. The summed E-state index contributed by atoms with van der Waals surface area (Å²) in [6.07, 6.45) is -3.41. The van der Waals surface area contributed by atoms with Gasteiger partial charge in [0, 0.05) is 6.04 Å². The lowest BCUT2D eigenvalue weighted by Gasteiger charge is -2.14. The molecular formula is C9H11BrF3N3O2. The Balaban J connectivity index is 3.02. The molecule has 0 aliphatic carbocycles. The Bertz CT molecular complexity index is 475. The minimum Gasteiger partial charge on any atom is -0.394 e. The SMILES string of the molecule is CC(CO)Nc1cnn(CC(F)(F)F)c(=O)c1Br. The van der Waals surface area contributed by atoms with E-state index in [9.17, 15) is 18.0 Å². The quantitative estimate of drug-likeness (QED) is 0.875. The summed E-state index contributed by atoms with van der Waals surface area (Å²) in [5.74, 6) is 0. The smallest absolute Gasteiger partial charge is 0.394 e. The molecule has 1 atom stereocenters. The van der Waals surface area contributed by atoms with Crippen molar-refractivity contribution < 1.29 is 18.3 Å². The molecule has 0 aliphatic heterocycles. The topological polar surface area (TPSA) is 67.2 Å². The standard InChI is InChI=1S/C9H11BrF3N3O2/c1-5(3-17)15-6-2-14-16(4-9(11,12)13)8(18)7(6)10/h2,5,15,17H,3-4H2,1H3. The molecule has 1 unspecified atom stereocenters. The van der Waals surface area contributed by atoms with Crippen LogP contribution in [0.15, 0.2) is 15.5 Å². The van der Waals surface area contributed by atoms with Gasteiger partial charge in [-0.3, -0.25) is 4.79 Å². The molecule has 0 spiro atoms. The highest BCUT2D eigenvalue weighted by molar-refractivity contribution is 9.10. The molecule has 1 aromatic rings. The fraction of sp³-hybridized carbons (Fsp3) is 0.556. The van der Waals surface area contributed by atoms with Crippen LogP contribution in [0.25, 0.3) is 0 Å². The van der Waals surface area contributed by atoms with Gasteiger partial charge < -0.3 is 10.4 Å². The average Bonchev–Trinajstić information content (AvgIpc) is 2.27. The summed E-state index contributed by atoms with van der Waals surface area (Å²) in [5.41, 5.74) is -0.651. The molecule has 0 aromatic carbocycles. The maximum atomic E-state index is 12.2. The second kappa shape index (κ2) is 5.70. The Kier molecular flexibility index (Phi) is 4.74. The fourth-order valence-electron chi connectivity index (χ4n) is 1.16. The Morgan fingerprint density at radius 3 is 2.72 bits per heavy atom. The molecule has 9 heteroatoms. The zero-order chi connectivity index (χ0) is 13.9. The molecular weight excluding hydrogens is 319 g/mol. The van der Waals surface area contributed by atoms with Crippen LogP contribution in [0.1, 0.15) is 6.92 Å². The molecule has 5 nitrogen and oxygen atoms in total. The monoisotopic (exact) mass is 329 g/mol. The van der Waals surface area contributed by atoms with Crippen LogP contribution in [-0.4, -0.2) is 33.7 Å². The van der Waals surface area contributed by atoms with E-state index < -0.39 is 18.3 Å². The van der Waals surface area contributed by atoms with E-state index >= 15 is 0 Å². The number of anilines is 1. The van der Waals surface area contributed by atoms with Crippen molar-refractivity contribution in [2.45, 2.75) is 25.7 Å². The molecule has 0 saturated carbocycles. The second-order valence-electron chi connectivity index (χ2n) is 3.68. The number of nitrogens with one attached hydrogen (secondary N) is 1. The number of alkyl halides is 3. The zero-order valence-electron chi connectivity index (χ0n) is 9.33. The first-order valence-corrected chi connectivity index (χ1v) is 5.73. The number of hydrogen-bond donors (Lipinski definition) is 2. The van der Waals surface area contributed by atoms with E-state index in [1.54, 1.807) is 6.92 Å². The Morgan fingerprint density at radius 2 is 2.22 bits per heavy atom. The highest BCUT2D eigenvalue weighted by atomic mass is 79.9. The zero-order valence-corrected chi connectivity index (χ0v) is 10.9. The largest absolute Gasteiger partial charge is 0.408 e. The Morgan fingerprint density at radius 1 is 1.61 bits per heavy atom. The summed E-state index contributed by atoms with van der Waals surface area (Å²) in [6.45, 7) is 0.0199. The van der Waals surface area contributed by atoms with Crippen molar-refractivity contribution in [1.82, 2.24) is 9.78 Å². The molecule has 1 rings (SSSR count). The summed E-state index contributed by atoms with van der Waals surface area (Å²) in [5, 5.41) is 15.0. The summed E-state index contributed by atoms with van der Waals surface area (Å²) >= 11 is 2.91. The van der Waals surface area contributed by atoms with Crippen molar-refractivity contribution in [3.05, 3.63) is 21.0 Å². The number of aromatic nitrogens is 2. The molecule has 0 aliphatic rings. The third-order valence-corrected chi connectivity index (χ3v) is 2.76. The van der Waals surface area contributed by atoms with Gasteiger partial charge in [-0.15, -0.1) is 0 Å². The number of aliphatic hydroxyl groups is 1. The molecule has 0 bridgehead atoms. The van der Waals surface area contributed by atoms with Crippen molar-refractivity contribution in [1.29, 1.82) is 0 Å². The van der Waals surface area contributed by atoms with Crippen LogP contribution in [-0.2, 0) is 6.54 Å². The average molecular weight is 330 g/mol.